The van der Waals surface area contributed by atoms with Crippen molar-refractivity contribution in [3.8, 4) is 5.75 Å². The van der Waals surface area contributed by atoms with Crippen LogP contribution in [0.25, 0.3) is 0 Å². The van der Waals surface area contributed by atoms with Crippen LogP contribution in [0.2, 0.25) is 0 Å². The average Bonchev–Trinajstić information content (AvgIpc) is 3.16. The number of nitrogens with one attached hydrogen (secondary N) is 2. The summed E-state index contributed by atoms with van der Waals surface area (Å²) in [6.07, 6.45) is 1.11. The molecule has 144 valence electrons. The maximum absolute atomic E-state index is 5.42. The molecule has 2 aromatic rings. The van der Waals surface area contributed by atoms with Gasteiger partial charge in [0, 0.05) is 31.4 Å². The number of nitrogens with zero attached hydrogens (tertiary/aromatic N) is 2. The van der Waals surface area contributed by atoms with Crippen LogP contribution in [0.4, 0.5) is 5.69 Å². The number of anilines is 1. The largest absolute Gasteiger partial charge is 0.496 e. The summed E-state index contributed by atoms with van der Waals surface area (Å²) in [5.41, 5.74) is 3.57. The monoisotopic (exact) mass is 366 g/mol. The van der Waals surface area contributed by atoms with E-state index in [1.54, 1.807) is 7.11 Å². The lowest BCUT2D eigenvalue weighted by Gasteiger charge is -2.20. The lowest BCUT2D eigenvalue weighted by atomic mass is 10.1. The zero-order valence-electron chi connectivity index (χ0n) is 16.5. The molecule has 1 fully saturated rings. The average molecular weight is 367 g/mol. The van der Waals surface area contributed by atoms with Gasteiger partial charge < -0.3 is 20.3 Å². The number of methoxy groups -OCH3 is 1. The van der Waals surface area contributed by atoms with Crippen molar-refractivity contribution >= 4 is 11.6 Å². The molecule has 2 N–H and O–H groups in total. The van der Waals surface area contributed by atoms with E-state index in [0.717, 1.165) is 48.9 Å². The second-order valence-electron chi connectivity index (χ2n) is 6.91. The molecule has 0 bridgehead atoms. The van der Waals surface area contributed by atoms with E-state index in [9.17, 15) is 0 Å². The fraction of sp³-hybridized carbons (Fsp3) is 0.409. The molecule has 0 aliphatic carbocycles. The number of benzene rings is 2. The molecule has 27 heavy (non-hydrogen) atoms. The number of rotatable bonds is 6. The topological polar surface area (TPSA) is 48.9 Å². The highest BCUT2D eigenvalue weighted by atomic mass is 16.5. The van der Waals surface area contributed by atoms with Crippen LogP contribution in [0.15, 0.2) is 53.5 Å². The fourth-order valence-electron chi connectivity index (χ4n) is 3.40. The van der Waals surface area contributed by atoms with Crippen molar-refractivity contribution in [1.29, 1.82) is 0 Å². The van der Waals surface area contributed by atoms with Gasteiger partial charge in [0.1, 0.15) is 5.75 Å². The van der Waals surface area contributed by atoms with Gasteiger partial charge in [-0.25, -0.2) is 4.99 Å². The molecule has 0 aromatic heterocycles. The van der Waals surface area contributed by atoms with Gasteiger partial charge in [0.2, 0.25) is 0 Å². The molecule has 0 radical (unpaired) electrons. The first-order valence-corrected chi connectivity index (χ1v) is 9.68. The van der Waals surface area contributed by atoms with Gasteiger partial charge in [-0.05, 0) is 49.6 Å². The van der Waals surface area contributed by atoms with E-state index in [-0.39, 0.29) is 0 Å². The first kappa shape index (κ1) is 19.1. The van der Waals surface area contributed by atoms with E-state index in [1.165, 1.54) is 5.69 Å². The smallest absolute Gasteiger partial charge is 0.191 e. The van der Waals surface area contributed by atoms with Crippen molar-refractivity contribution in [2.45, 2.75) is 32.9 Å². The number of hydrogen-bond donors (Lipinski definition) is 2. The highest BCUT2D eigenvalue weighted by Gasteiger charge is 2.23. The number of para-hydroxylation sites is 1. The Morgan fingerprint density at radius 3 is 2.78 bits per heavy atom. The molecule has 1 aliphatic heterocycles. The lowest BCUT2D eigenvalue weighted by Crippen LogP contribution is -2.44. The van der Waals surface area contributed by atoms with Crippen molar-refractivity contribution in [1.82, 2.24) is 10.6 Å². The summed E-state index contributed by atoms with van der Waals surface area (Å²) < 4.78 is 5.42. The van der Waals surface area contributed by atoms with Crippen LogP contribution in [-0.4, -0.2) is 38.7 Å². The molecule has 1 aliphatic rings. The Bertz CT molecular complexity index is 760. The Labute approximate surface area is 162 Å². The number of hydrogen-bond acceptors (Lipinski definition) is 3. The lowest BCUT2D eigenvalue weighted by molar-refractivity contribution is 0.411. The molecule has 0 amide bonds. The predicted molar refractivity (Wildman–Crippen MR) is 113 cm³/mol. The van der Waals surface area contributed by atoms with Crippen molar-refractivity contribution in [3.05, 3.63) is 59.7 Å². The van der Waals surface area contributed by atoms with Gasteiger partial charge in [-0.15, -0.1) is 0 Å². The van der Waals surface area contributed by atoms with Gasteiger partial charge in [-0.2, -0.15) is 0 Å². The molecule has 0 saturated carbocycles. The Morgan fingerprint density at radius 1 is 1.22 bits per heavy atom. The fourth-order valence-corrected chi connectivity index (χ4v) is 3.40. The van der Waals surface area contributed by atoms with E-state index < -0.39 is 0 Å². The van der Waals surface area contributed by atoms with Crippen LogP contribution in [0, 0.1) is 6.92 Å². The molecule has 1 heterocycles. The van der Waals surface area contributed by atoms with E-state index in [2.05, 4.69) is 77.9 Å². The molecule has 3 rings (SSSR count). The van der Waals surface area contributed by atoms with Crippen LogP contribution in [0.1, 0.15) is 24.5 Å². The number of aliphatic imine (C=N–C) groups is 1. The summed E-state index contributed by atoms with van der Waals surface area (Å²) in [6.45, 7) is 7.68. The van der Waals surface area contributed by atoms with Crippen molar-refractivity contribution < 1.29 is 4.74 Å². The van der Waals surface area contributed by atoms with Crippen LogP contribution >= 0.6 is 0 Å². The molecule has 1 unspecified atom stereocenters. The predicted octanol–water partition coefficient (Wildman–Crippen LogP) is 3.34. The first-order valence-electron chi connectivity index (χ1n) is 9.68. The van der Waals surface area contributed by atoms with Crippen LogP contribution < -0.4 is 20.3 Å². The van der Waals surface area contributed by atoms with Crippen LogP contribution in [0.5, 0.6) is 5.75 Å². The van der Waals surface area contributed by atoms with Gasteiger partial charge in [-0.1, -0.05) is 30.3 Å². The SMILES string of the molecule is CCNC(=NCc1ccc(C)c(OC)c1)NC1CCN(c2ccccc2)C1. The zero-order chi connectivity index (χ0) is 19.1. The van der Waals surface area contributed by atoms with Crippen molar-refractivity contribution in [2.24, 2.45) is 4.99 Å². The van der Waals surface area contributed by atoms with E-state index in [4.69, 9.17) is 9.73 Å². The molecule has 5 heteroatoms. The Balaban J connectivity index is 1.61. The Hall–Kier alpha value is -2.69. The normalized spacial score (nSPS) is 17.1. The van der Waals surface area contributed by atoms with Crippen molar-refractivity contribution in [2.75, 3.05) is 31.6 Å². The minimum absolute atomic E-state index is 0.399. The van der Waals surface area contributed by atoms with E-state index >= 15 is 0 Å². The first-order chi connectivity index (χ1) is 13.2. The third-order valence-corrected chi connectivity index (χ3v) is 4.89. The van der Waals surface area contributed by atoms with Crippen LogP contribution in [-0.2, 0) is 6.54 Å². The van der Waals surface area contributed by atoms with Gasteiger partial charge in [-0.3, -0.25) is 0 Å². The maximum Gasteiger partial charge on any atom is 0.191 e. The summed E-state index contributed by atoms with van der Waals surface area (Å²) in [7, 11) is 1.71. The summed E-state index contributed by atoms with van der Waals surface area (Å²) in [5, 5.41) is 6.96. The molecule has 2 aromatic carbocycles. The van der Waals surface area contributed by atoms with Gasteiger partial charge in [0.25, 0.3) is 0 Å². The van der Waals surface area contributed by atoms with Gasteiger partial charge in [0.05, 0.1) is 13.7 Å². The number of ether oxygens (including phenoxy) is 1. The highest BCUT2D eigenvalue weighted by molar-refractivity contribution is 5.80. The molecule has 5 nitrogen and oxygen atoms in total. The zero-order valence-corrected chi connectivity index (χ0v) is 16.5. The molecular formula is C22H30N4O. The van der Waals surface area contributed by atoms with E-state index in [0.29, 0.717) is 12.6 Å². The summed E-state index contributed by atoms with van der Waals surface area (Å²) in [6, 6.07) is 17.3. The summed E-state index contributed by atoms with van der Waals surface area (Å²) in [5.74, 6) is 1.78. The second kappa shape index (κ2) is 9.31. The standard InChI is InChI=1S/C22H30N4O/c1-4-23-22(24-15-18-11-10-17(2)21(14-18)27-3)25-19-12-13-26(16-19)20-8-6-5-7-9-20/h5-11,14,19H,4,12-13,15-16H2,1-3H3,(H2,23,24,25). The van der Waals surface area contributed by atoms with Crippen LogP contribution in [0.3, 0.4) is 0 Å². The minimum Gasteiger partial charge on any atom is -0.496 e. The third-order valence-electron chi connectivity index (χ3n) is 4.89. The molecule has 1 atom stereocenters. The molecule has 0 spiro atoms. The minimum atomic E-state index is 0.399. The van der Waals surface area contributed by atoms with Gasteiger partial charge >= 0.3 is 0 Å². The Kier molecular flexibility index (Phi) is 6.58. The summed E-state index contributed by atoms with van der Waals surface area (Å²) >= 11 is 0. The van der Waals surface area contributed by atoms with Crippen molar-refractivity contribution in [3.63, 3.8) is 0 Å². The number of aryl methyl sites for hydroxylation is 1. The van der Waals surface area contributed by atoms with E-state index in [1.807, 2.05) is 0 Å². The Morgan fingerprint density at radius 2 is 2.04 bits per heavy atom. The molecule has 1 saturated heterocycles. The third kappa shape index (κ3) is 5.16. The van der Waals surface area contributed by atoms with Gasteiger partial charge in [0.15, 0.2) is 5.96 Å². The summed E-state index contributed by atoms with van der Waals surface area (Å²) in [4.78, 5) is 7.19. The maximum atomic E-state index is 5.42. The second-order valence-corrected chi connectivity index (χ2v) is 6.91. The molecular weight excluding hydrogens is 336 g/mol. The number of guanidine groups is 1. The highest BCUT2D eigenvalue weighted by Crippen LogP contribution is 2.20. The quantitative estimate of drug-likeness (QED) is 0.608.